The summed E-state index contributed by atoms with van der Waals surface area (Å²) in [5.41, 5.74) is 2.96. The molecule has 0 bridgehead atoms. The number of halogens is 1. The van der Waals surface area contributed by atoms with Crippen LogP contribution in [0.15, 0.2) is 24.7 Å². The molecule has 0 aliphatic rings. The van der Waals surface area contributed by atoms with E-state index in [2.05, 4.69) is 24.9 Å². The van der Waals surface area contributed by atoms with Gasteiger partial charge in [0.15, 0.2) is 5.65 Å². The number of hydrogen-bond donors (Lipinski definition) is 2. The molecular weight excluding hydrogens is 214 g/mol. The normalized spacial score (nSPS) is 11.0. The van der Waals surface area contributed by atoms with Crippen molar-refractivity contribution in [2.75, 3.05) is 0 Å². The number of nitrogens with one attached hydrogen (secondary N) is 2. The van der Waals surface area contributed by atoms with Gasteiger partial charge in [-0.1, -0.05) is 0 Å². The number of imidazole rings is 1. The Morgan fingerprint density at radius 2 is 2.13 bits per heavy atom. The van der Waals surface area contributed by atoms with E-state index in [-0.39, 0.29) is 5.28 Å². The third-order valence-electron chi connectivity index (χ3n) is 2.11. The largest absolute Gasteiger partial charge is 0.360 e. The first-order valence-corrected chi connectivity index (χ1v) is 4.73. The number of aromatic amines is 2. The van der Waals surface area contributed by atoms with Gasteiger partial charge in [0, 0.05) is 6.20 Å². The summed E-state index contributed by atoms with van der Waals surface area (Å²) in [6, 6.07) is 3.81. The van der Waals surface area contributed by atoms with Crippen LogP contribution in [0.3, 0.4) is 0 Å². The molecule has 6 heteroatoms. The van der Waals surface area contributed by atoms with Gasteiger partial charge < -0.3 is 9.97 Å². The van der Waals surface area contributed by atoms with Crippen molar-refractivity contribution >= 4 is 22.8 Å². The molecule has 0 radical (unpaired) electrons. The van der Waals surface area contributed by atoms with Gasteiger partial charge in [-0.05, 0) is 23.7 Å². The predicted molar refractivity (Wildman–Crippen MR) is 56.5 cm³/mol. The van der Waals surface area contributed by atoms with Crippen LogP contribution in [0.1, 0.15) is 0 Å². The van der Waals surface area contributed by atoms with Crippen molar-refractivity contribution in [3.05, 3.63) is 29.9 Å². The second kappa shape index (κ2) is 3.06. The Labute approximate surface area is 89.6 Å². The van der Waals surface area contributed by atoms with Gasteiger partial charge in [0.05, 0.1) is 12.0 Å². The molecule has 3 aromatic heterocycles. The van der Waals surface area contributed by atoms with Crippen molar-refractivity contribution in [1.82, 2.24) is 24.9 Å². The highest BCUT2D eigenvalue weighted by molar-refractivity contribution is 6.28. The summed E-state index contributed by atoms with van der Waals surface area (Å²) in [5, 5.41) is 0.194. The van der Waals surface area contributed by atoms with Gasteiger partial charge in [0.1, 0.15) is 11.2 Å². The smallest absolute Gasteiger partial charge is 0.225 e. The maximum atomic E-state index is 5.81. The summed E-state index contributed by atoms with van der Waals surface area (Å²) < 4.78 is 0. The minimum Gasteiger partial charge on any atom is -0.360 e. The fourth-order valence-electron chi connectivity index (χ4n) is 1.48. The lowest BCUT2D eigenvalue weighted by atomic mass is 10.3. The van der Waals surface area contributed by atoms with Crippen LogP contribution in [0.4, 0.5) is 0 Å². The SMILES string of the molecule is Clc1nc(-c2ccc[nH]2)c2[nH]cnc2n1. The first-order chi connectivity index (χ1) is 7.34. The Balaban J connectivity index is 2.38. The van der Waals surface area contributed by atoms with E-state index in [0.29, 0.717) is 5.65 Å². The van der Waals surface area contributed by atoms with Crippen LogP contribution in [0.5, 0.6) is 0 Å². The van der Waals surface area contributed by atoms with Crippen LogP contribution in [0.25, 0.3) is 22.6 Å². The number of nitrogens with zero attached hydrogens (tertiary/aromatic N) is 3. The maximum Gasteiger partial charge on any atom is 0.225 e. The second-order valence-electron chi connectivity index (χ2n) is 3.03. The molecule has 15 heavy (non-hydrogen) atoms. The van der Waals surface area contributed by atoms with Gasteiger partial charge >= 0.3 is 0 Å². The molecule has 3 heterocycles. The average molecular weight is 220 g/mol. The van der Waals surface area contributed by atoms with E-state index in [1.54, 1.807) is 6.33 Å². The molecule has 74 valence electrons. The Kier molecular flexibility index (Phi) is 1.72. The number of aromatic nitrogens is 5. The van der Waals surface area contributed by atoms with Gasteiger partial charge in [0.2, 0.25) is 5.28 Å². The Bertz CT molecular complexity index is 598. The van der Waals surface area contributed by atoms with Crippen molar-refractivity contribution in [3.63, 3.8) is 0 Å². The van der Waals surface area contributed by atoms with Crippen molar-refractivity contribution in [2.24, 2.45) is 0 Å². The van der Waals surface area contributed by atoms with Gasteiger partial charge in [-0.25, -0.2) is 9.97 Å². The fraction of sp³-hybridized carbons (Fsp3) is 0. The number of hydrogen-bond acceptors (Lipinski definition) is 3. The highest BCUT2D eigenvalue weighted by atomic mass is 35.5. The fourth-order valence-corrected chi connectivity index (χ4v) is 1.64. The standard InChI is InChI=1S/C9H6ClN5/c10-9-14-6(5-2-1-3-11-5)7-8(15-9)13-4-12-7/h1-4,11H,(H,12,13,14,15). The van der Waals surface area contributed by atoms with E-state index in [4.69, 9.17) is 11.6 Å². The summed E-state index contributed by atoms with van der Waals surface area (Å²) in [5.74, 6) is 0. The maximum absolute atomic E-state index is 5.81. The van der Waals surface area contributed by atoms with Crippen LogP contribution in [0.2, 0.25) is 5.28 Å². The third kappa shape index (κ3) is 1.28. The molecule has 0 amide bonds. The lowest BCUT2D eigenvalue weighted by Gasteiger charge is -1.99. The van der Waals surface area contributed by atoms with E-state index in [9.17, 15) is 0 Å². The van der Waals surface area contributed by atoms with Crippen molar-refractivity contribution in [2.45, 2.75) is 0 Å². The van der Waals surface area contributed by atoms with Crippen molar-refractivity contribution < 1.29 is 0 Å². The molecule has 2 N–H and O–H groups in total. The van der Waals surface area contributed by atoms with Gasteiger partial charge in [0.25, 0.3) is 0 Å². The molecule has 0 fully saturated rings. The summed E-state index contributed by atoms with van der Waals surface area (Å²) >= 11 is 5.81. The van der Waals surface area contributed by atoms with E-state index < -0.39 is 0 Å². The molecular formula is C9H6ClN5. The molecule has 0 aromatic carbocycles. The van der Waals surface area contributed by atoms with Gasteiger partial charge in [-0.3, -0.25) is 0 Å². The molecule has 3 aromatic rings. The van der Waals surface area contributed by atoms with E-state index >= 15 is 0 Å². The molecule has 5 nitrogen and oxygen atoms in total. The lowest BCUT2D eigenvalue weighted by molar-refractivity contribution is 1.19. The molecule has 0 aliphatic carbocycles. The topological polar surface area (TPSA) is 70.2 Å². The Morgan fingerprint density at radius 3 is 2.93 bits per heavy atom. The quantitative estimate of drug-likeness (QED) is 0.615. The van der Waals surface area contributed by atoms with Crippen LogP contribution in [-0.2, 0) is 0 Å². The first-order valence-electron chi connectivity index (χ1n) is 4.35. The zero-order valence-corrected chi connectivity index (χ0v) is 8.28. The Morgan fingerprint density at radius 1 is 1.20 bits per heavy atom. The molecule has 0 atom stereocenters. The van der Waals surface area contributed by atoms with E-state index in [1.165, 1.54) is 0 Å². The number of rotatable bonds is 1. The number of H-pyrrole nitrogens is 2. The zero-order chi connectivity index (χ0) is 10.3. The van der Waals surface area contributed by atoms with Crippen LogP contribution in [-0.4, -0.2) is 24.9 Å². The minimum atomic E-state index is 0.194. The zero-order valence-electron chi connectivity index (χ0n) is 7.53. The Hall–Kier alpha value is -1.88. The number of fused-ring (bicyclic) bond motifs is 1. The summed E-state index contributed by atoms with van der Waals surface area (Å²) in [6.45, 7) is 0. The summed E-state index contributed by atoms with van der Waals surface area (Å²) in [6.07, 6.45) is 3.40. The van der Waals surface area contributed by atoms with Crippen molar-refractivity contribution in [3.8, 4) is 11.4 Å². The van der Waals surface area contributed by atoms with Gasteiger partial charge in [-0.15, -0.1) is 0 Å². The third-order valence-corrected chi connectivity index (χ3v) is 2.28. The summed E-state index contributed by atoms with van der Waals surface area (Å²) in [7, 11) is 0. The first kappa shape index (κ1) is 8.43. The van der Waals surface area contributed by atoms with E-state index in [1.807, 2.05) is 18.3 Å². The molecule has 0 saturated carbocycles. The molecule has 0 saturated heterocycles. The molecule has 0 aliphatic heterocycles. The van der Waals surface area contributed by atoms with Gasteiger partial charge in [-0.2, -0.15) is 4.98 Å². The predicted octanol–water partition coefficient (Wildman–Crippen LogP) is 2.00. The monoisotopic (exact) mass is 219 g/mol. The van der Waals surface area contributed by atoms with E-state index in [0.717, 1.165) is 16.9 Å². The minimum absolute atomic E-state index is 0.194. The van der Waals surface area contributed by atoms with Crippen LogP contribution in [0, 0.1) is 0 Å². The summed E-state index contributed by atoms with van der Waals surface area (Å²) in [4.78, 5) is 18.3. The van der Waals surface area contributed by atoms with Crippen molar-refractivity contribution in [1.29, 1.82) is 0 Å². The lowest BCUT2D eigenvalue weighted by Crippen LogP contribution is -1.90. The highest BCUT2D eigenvalue weighted by Gasteiger charge is 2.10. The molecule has 0 spiro atoms. The second-order valence-corrected chi connectivity index (χ2v) is 3.36. The van der Waals surface area contributed by atoms with Crippen LogP contribution < -0.4 is 0 Å². The average Bonchev–Trinajstić information content (AvgIpc) is 2.86. The molecule has 0 unspecified atom stereocenters. The molecule has 3 rings (SSSR count). The van der Waals surface area contributed by atoms with Crippen LogP contribution >= 0.6 is 11.6 Å². The highest BCUT2D eigenvalue weighted by Crippen LogP contribution is 2.23.